The van der Waals surface area contributed by atoms with E-state index in [4.69, 9.17) is 4.74 Å². The SMILES string of the molecule is CNCc1ccc(OC)c(S(=O)(=O)N2CCCC2)c1. The van der Waals surface area contributed by atoms with Crippen LogP contribution in [0.4, 0.5) is 0 Å². The van der Waals surface area contributed by atoms with E-state index in [2.05, 4.69) is 5.32 Å². The van der Waals surface area contributed by atoms with Crippen LogP contribution in [0.3, 0.4) is 0 Å². The molecule has 1 heterocycles. The minimum Gasteiger partial charge on any atom is -0.495 e. The molecule has 0 atom stereocenters. The molecule has 1 saturated heterocycles. The number of methoxy groups -OCH3 is 1. The average Bonchev–Trinajstić information content (AvgIpc) is 2.93. The van der Waals surface area contributed by atoms with Crippen LogP contribution in [0.15, 0.2) is 23.1 Å². The number of rotatable bonds is 5. The summed E-state index contributed by atoms with van der Waals surface area (Å²) in [5, 5.41) is 3.02. The van der Waals surface area contributed by atoms with Crippen LogP contribution in [0.5, 0.6) is 5.75 Å². The van der Waals surface area contributed by atoms with Gasteiger partial charge in [-0.1, -0.05) is 6.07 Å². The molecule has 5 nitrogen and oxygen atoms in total. The number of hydrogen-bond donors (Lipinski definition) is 1. The Labute approximate surface area is 114 Å². The zero-order chi connectivity index (χ0) is 13.9. The van der Waals surface area contributed by atoms with E-state index in [0.717, 1.165) is 18.4 Å². The van der Waals surface area contributed by atoms with Gasteiger partial charge in [0.2, 0.25) is 10.0 Å². The summed E-state index contributed by atoms with van der Waals surface area (Å²) in [4.78, 5) is 0.268. The van der Waals surface area contributed by atoms with Crippen molar-refractivity contribution in [2.75, 3.05) is 27.2 Å². The van der Waals surface area contributed by atoms with Gasteiger partial charge in [0, 0.05) is 19.6 Å². The predicted molar refractivity (Wildman–Crippen MR) is 73.8 cm³/mol. The quantitative estimate of drug-likeness (QED) is 0.882. The van der Waals surface area contributed by atoms with E-state index in [9.17, 15) is 8.42 Å². The number of ether oxygens (including phenoxy) is 1. The largest absolute Gasteiger partial charge is 0.495 e. The molecule has 106 valence electrons. The van der Waals surface area contributed by atoms with Crippen LogP contribution in [0.2, 0.25) is 0 Å². The van der Waals surface area contributed by atoms with Crippen LogP contribution < -0.4 is 10.1 Å². The van der Waals surface area contributed by atoms with Gasteiger partial charge in [-0.3, -0.25) is 0 Å². The van der Waals surface area contributed by atoms with Gasteiger partial charge in [0.15, 0.2) is 0 Å². The van der Waals surface area contributed by atoms with Crippen molar-refractivity contribution in [2.24, 2.45) is 0 Å². The lowest BCUT2D eigenvalue weighted by molar-refractivity contribution is 0.398. The summed E-state index contributed by atoms with van der Waals surface area (Å²) in [6.45, 7) is 1.83. The highest BCUT2D eigenvalue weighted by atomic mass is 32.2. The fourth-order valence-electron chi connectivity index (χ4n) is 2.30. The first-order valence-electron chi connectivity index (χ1n) is 6.41. The first-order valence-corrected chi connectivity index (χ1v) is 7.85. The second-order valence-electron chi connectivity index (χ2n) is 4.63. The summed E-state index contributed by atoms with van der Waals surface area (Å²) in [5.74, 6) is 0.409. The Morgan fingerprint density at radius 1 is 1.32 bits per heavy atom. The molecule has 0 aliphatic carbocycles. The second-order valence-corrected chi connectivity index (χ2v) is 6.53. The fourth-order valence-corrected chi connectivity index (χ4v) is 4.03. The molecule has 0 unspecified atom stereocenters. The van der Waals surface area contributed by atoms with E-state index in [1.54, 1.807) is 12.1 Å². The molecule has 1 aliphatic rings. The van der Waals surface area contributed by atoms with Gasteiger partial charge in [-0.15, -0.1) is 0 Å². The molecule has 19 heavy (non-hydrogen) atoms. The van der Waals surface area contributed by atoms with Crippen LogP contribution in [0, 0.1) is 0 Å². The highest BCUT2D eigenvalue weighted by Crippen LogP contribution is 2.29. The number of sulfonamides is 1. The minimum atomic E-state index is -3.44. The van der Waals surface area contributed by atoms with Gasteiger partial charge in [0.25, 0.3) is 0 Å². The van der Waals surface area contributed by atoms with Crippen LogP contribution in [0.25, 0.3) is 0 Å². The topological polar surface area (TPSA) is 58.6 Å². The Hall–Kier alpha value is -1.11. The van der Waals surface area contributed by atoms with Gasteiger partial charge in [0.05, 0.1) is 7.11 Å². The lowest BCUT2D eigenvalue weighted by Crippen LogP contribution is -2.28. The maximum absolute atomic E-state index is 12.6. The molecule has 0 amide bonds. The number of nitrogens with zero attached hydrogens (tertiary/aromatic N) is 1. The molecule has 1 aromatic rings. The highest BCUT2D eigenvalue weighted by Gasteiger charge is 2.30. The molecule has 2 rings (SSSR count). The summed E-state index contributed by atoms with van der Waals surface area (Å²) in [6.07, 6.45) is 1.86. The molecule has 0 spiro atoms. The fraction of sp³-hybridized carbons (Fsp3) is 0.538. The van der Waals surface area contributed by atoms with Gasteiger partial charge in [-0.05, 0) is 37.6 Å². The van der Waals surface area contributed by atoms with E-state index < -0.39 is 10.0 Å². The maximum atomic E-state index is 12.6. The monoisotopic (exact) mass is 284 g/mol. The second kappa shape index (κ2) is 5.90. The molecule has 1 aliphatic heterocycles. The third-order valence-corrected chi connectivity index (χ3v) is 5.21. The van der Waals surface area contributed by atoms with Gasteiger partial charge in [0.1, 0.15) is 10.6 Å². The van der Waals surface area contributed by atoms with Crippen molar-refractivity contribution in [3.63, 3.8) is 0 Å². The van der Waals surface area contributed by atoms with E-state index in [-0.39, 0.29) is 4.90 Å². The summed E-state index contributed by atoms with van der Waals surface area (Å²) < 4.78 is 31.9. The number of hydrogen-bond acceptors (Lipinski definition) is 4. The van der Waals surface area contributed by atoms with Gasteiger partial charge >= 0.3 is 0 Å². The van der Waals surface area contributed by atoms with E-state index in [1.807, 2.05) is 13.1 Å². The molecular formula is C13H20N2O3S. The van der Waals surface area contributed by atoms with E-state index >= 15 is 0 Å². The minimum absolute atomic E-state index is 0.268. The lowest BCUT2D eigenvalue weighted by atomic mass is 10.2. The molecule has 0 aromatic heterocycles. The van der Waals surface area contributed by atoms with Crippen LogP contribution in [-0.4, -0.2) is 40.0 Å². The summed E-state index contributed by atoms with van der Waals surface area (Å²) in [6, 6.07) is 5.29. The Balaban J connectivity index is 2.43. The Kier molecular flexibility index (Phi) is 4.44. The number of benzene rings is 1. The van der Waals surface area contributed by atoms with Crippen molar-refractivity contribution in [2.45, 2.75) is 24.3 Å². The Morgan fingerprint density at radius 3 is 2.58 bits per heavy atom. The van der Waals surface area contributed by atoms with Crippen molar-refractivity contribution in [1.82, 2.24) is 9.62 Å². The molecule has 0 radical (unpaired) electrons. The Bertz CT molecular complexity index is 537. The predicted octanol–water partition coefficient (Wildman–Crippen LogP) is 1.20. The van der Waals surface area contributed by atoms with E-state index in [0.29, 0.717) is 25.4 Å². The average molecular weight is 284 g/mol. The summed E-state index contributed by atoms with van der Waals surface area (Å²) in [5.41, 5.74) is 0.932. The van der Waals surface area contributed by atoms with Crippen molar-refractivity contribution < 1.29 is 13.2 Å². The molecule has 0 saturated carbocycles. The van der Waals surface area contributed by atoms with Crippen molar-refractivity contribution >= 4 is 10.0 Å². The molecule has 0 bridgehead atoms. The molecular weight excluding hydrogens is 264 g/mol. The summed E-state index contributed by atoms with van der Waals surface area (Å²) in [7, 11) is -0.113. The zero-order valence-electron chi connectivity index (χ0n) is 11.3. The van der Waals surface area contributed by atoms with E-state index in [1.165, 1.54) is 11.4 Å². The van der Waals surface area contributed by atoms with Crippen LogP contribution in [0.1, 0.15) is 18.4 Å². The standard InChI is InChI=1S/C13H20N2O3S/c1-14-10-11-5-6-12(18-2)13(9-11)19(16,17)15-7-3-4-8-15/h5-6,9,14H,3-4,7-8,10H2,1-2H3. The van der Waals surface area contributed by atoms with Crippen LogP contribution >= 0.6 is 0 Å². The summed E-state index contributed by atoms with van der Waals surface area (Å²) >= 11 is 0. The van der Waals surface area contributed by atoms with Crippen molar-refractivity contribution in [1.29, 1.82) is 0 Å². The third kappa shape index (κ3) is 2.91. The first-order chi connectivity index (χ1) is 9.09. The van der Waals surface area contributed by atoms with Gasteiger partial charge in [-0.25, -0.2) is 8.42 Å². The maximum Gasteiger partial charge on any atom is 0.246 e. The van der Waals surface area contributed by atoms with Crippen LogP contribution in [-0.2, 0) is 16.6 Å². The molecule has 1 aromatic carbocycles. The Morgan fingerprint density at radius 2 is 2.00 bits per heavy atom. The highest BCUT2D eigenvalue weighted by molar-refractivity contribution is 7.89. The normalized spacial score (nSPS) is 16.7. The van der Waals surface area contributed by atoms with Gasteiger partial charge < -0.3 is 10.1 Å². The zero-order valence-corrected chi connectivity index (χ0v) is 12.2. The van der Waals surface area contributed by atoms with Crippen molar-refractivity contribution in [3.05, 3.63) is 23.8 Å². The van der Waals surface area contributed by atoms with Crippen molar-refractivity contribution in [3.8, 4) is 5.75 Å². The molecule has 6 heteroatoms. The lowest BCUT2D eigenvalue weighted by Gasteiger charge is -2.18. The third-order valence-electron chi connectivity index (χ3n) is 3.29. The molecule has 1 fully saturated rings. The molecule has 1 N–H and O–H groups in total. The first kappa shape index (κ1) is 14.3. The van der Waals surface area contributed by atoms with Gasteiger partial charge in [-0.2, -0.15) is 4.31 Å². The smallest absolute Gasteiger partial charge is 0.246 e. The number of nitrogens with one attached hydrogen (secondary N) is 1.